The molecule has 0 saturated heterocycles. The molecule has 0 aliphatic carbocycles. The Labute approximate surface area is 217 Å². The highest BCUT2D eigenvalue weighted by Crippen LogP contribution is 2.26. The van der Waals surface area contributed by atoms with Crippen molar-refractivity contribution in [1.29, 1.82) is 0 Å². The van der Waals surface area contributed by atoms with Crippen LogP contribution >= 0.6 is 11.6 Å². The van der Waals surface area contributed by atoms with E-state index in [0.717, 1.165) is 21.0 Å². The maximum Gasteiger partial charge on any atom is 0.264 e. The van der Waals surface area contributed by atoms with Gasteiger partial charge >= 0.3 is 0 Å². The van der Waals surface area contributed by atoms with Crippen LogP contribution < -0.4 is 9.62 Å². The molecule has 0 spiro atoms. The summed E-state index contributed by atoms with van der Waals surface area (Å²) in [6.45, 7) is 5.12. The predicted octanol–water partition coefficient (Wildman–Crippen LogP) is 4.32. The van der Waals surface area contributed by atoms with Gasteiger partial charge in [-0.3, -0.25) is 13.9 Å². The normalized spacial score (nSPS) is 12.0. The topological polar surface area (TPSA) is 86.8 Å². The van der Waals surface area contributed by atoms with Crippen LogP contribution in [0, 0.1) is 13.8 Å². The van der Waals surface area contributed by atoms with E-state index >= 15 is 0 Å². The summed E-state index contributed by atoms with van der Waals surface area (Å²) in [5, 5.41) is 2.97. The summed E-state index contributed by atoms with van der Waals surface area (Å²) < 4.78 is 28.4. The average Bonchev–Trinajstić information content (AvgIpc) is 2.85. The number of amides is 2. The number of hydrogen-bond acceptors (Lipinski definition) is 4. The molecule has 190 valence electrons. The van der Waals surface area contributed by atoms with Gasteiger partial charge < -0.3 is 10.2 Å². The highest BCUT2D eigenvalue weighted by atomic mass is 35.5. The molecular formula is C27H30ClN3O4S. The summed E-state index contributed by atoms with van der Waals surface area (Å²) in [6, 6.07) is 19.4. The minimum atomic E-state index is -4.12. The zero-order valence-electron chi connectivity index (χ0n) is 20.7. The van der Waals surface area contributed by atoms with Crippen LogP contribution in [-0.4, -0.2) is 44.8 Å². The molecule has 3 aromatic rings. The number of carbonyl (C=O) groups is 2. The van der Waals surface area contributed by atoms with Gasteiger partial charge in [-0.1, -0.05) is 59.1 Å². The maximum absolute atomic E-state index is 13.7. The first-order chi connectivity index (χ1) is 17.0. The molecule has 0 aliphatic rings. The Bertz CT molecular complexity index is 1330. The Morgan fingerprint density at radius 1 is 0.944 bits per heavy atom. The number of benzene rings is 3. The van der Waals surface area contributed by atoms with Crippen LogP contribution in [0.3, 0.4) is 0 Å². The standard InChI is InChI=1S/C27H30ClN3O4S/c1-19-8-12-24(13-9-19)31(36(34,35)25-14-10-23(28)11-15-25)18-26(32)30(21(3)27(33)29-4)17-22-7-5-6-20(2)16-22/h5-16,21H,17-18H2,1-4H3,(H,29,33)/t21-/m1/s1. The van der Waals surface area contributed by atoms with Crippen LogP contribution in [0.2, 0.25) is 5.02 Å². The van der Waals surface area contributed by atoms with Crippen molar-refractivity contribution < 1.29 is 18.0 Å². The van der Waals surface area contributed by atoms with Crippen LogP contribution in [0.5, 0.6) is 0 Å². The molecule has 1 N–H and O–H groups in total. The molecule has 7 nitrogen and oxygen atoms in total. The fourth-order valence-corrected chi connectivity index (χ4v) is 5.31. The monoisotopic (exact) mass is 527 g/mol. The van der Waals surface area contributed by atoms with E-state index in [1.54, 1.807) is 31.2 Å². The molecule has 3 aromatic carbocycles. The molecular weight excluding hydrogens is 498 g/mol. The van der Waals surface area contributed by atoms with E-state index in [-0.39, 0.29) is 17.3 Å². The minimum absolute atomic E-state index is 0.00450. The number of likely N-dealkylation sites (N-methyl/N-ethyl adjacent to an activating group) is 1. The number of anilines is 1. The third kappa shape index (κ3) is 6.44. The van der Waals surface area contributed by atoms with Gasteiger partial charge in [0.15, 0.2) is 0 Å². The number of hydrogen-bond donors (Lipinski definition) is 1. The Kier molecular flexibility index (Phi) is 8.76. The molecule has 3 rings (SSSR count). The van der Waals surface area contributed by atoms with Crippen molar-refractivity contribution >= 4 is 39.1 Å². The summed E-state index contributed by atoms with van der Waals surface area (Å²) in [4.78, 5) is 27.6. The molecule has 0 radical (unpaired) electrons. The zero-order chi connectivity index (χ0) is 26.5. The van der Waals surface area contributed by atoms with Crippen molar-refractivity contribution in [2.75, 3.05) is 17.9 Å². The second-order valence-corrected chi connectivity index (χ2v) is 10.9. The molecule has 0 heterocycles. The number of aryl methyl sites for hydroxylation is 2. The van der Waals surface area contributed by atoms with Crippen LogP contribution in [-0.2, 0) is 26.2 Å². The van der Waals surface area contributed by atoms with E-state index in [0.29, 0.717) is 10.7 Å². The van der Waals surface area contributed by atoms with Gasteiger partial charge in [-0.05, 0) is 62.7 Å². The lowest BCUT2D eigenvalue weighted by atomic mass is 10.1. The molecule has 0 aromatic heterocycles. The molecule has 0 bridgehead atoms. The number of carbonyl (C=O) groups excluding carboxylic acids is 2. The molecule has 0 saturated carbocycles. The summed E-state index contributed by atoms with van der Waals surface area (Å²) in [7, 11) is -2.62. The summed E-state index contributed by atoms with van der Waals surface area (Å²) in [6.07, 6.45) is 0. The summed E-state index contributed by atoms with van der Waals surface area (Å²) in [5.41, 5.74) is 3.14. The van der Waals surface area contributed by atoms with Crippen LogP contribution in [0.25, 0.3) is 0 Å². The molecule has 0 aliphatic heterocycles. The van der Waals surface area contributed by atoms with E-state index in [1.807, 2.05) is 38.1 Å². The van der Waals surface area contributed by atoms with Gasteiger partial charge in [0.2, 0.25) is 11.8 Å². The predicted molar refractivity (Wildman–Crippen MR) is 142 cm³/mol. The SMILES string of the molecule is CNC(=O)[C@@H](C)N(Cc1cccc(C)c1)C(=O)CN(c1ccc(C)cc1)S(=O)(=O)c1ccc(Cl)cc1. The second-order valence-electron chi connectivity index (χ2n) is 8.60. The van der Waals surface area contributed by atoms with Gasteiger partial charge in [-0.25, -0.2) is 8.42 Å². The summed E-state index contributed by atoms with van der Waals surface area (Å²) in [5.74, 6) is -0.857. The fraction of sp³-hybridized carbons (Fsp3) is 0.259. The van der Waals surface area contributed by atoms with Gasteiger partial charge in [-0.2, -0.15) is 0 Å². The van der Waals surface area contributed by atoms with Crippen molar-refractivity contribution in [3.8, 4) is 0 Å². The Morgan fingerprint density at radius 3 is 2.17 bits per heavy atom. The van der Waals surface area contributed by atoms with Crippen molar-refractivity contribution in [3.05, 3.63) is 94.5 Å². The zero-order valence-corrected chi connectivity index (χ0v) is 22.3. The van der Waals surface area contributed by atoms with Crippen LogP contribution in [0.1, 0.15) is 23.6 Å². The number of nitrogens with one attached hydrogen (secondary N) is 1. The van der Waals surface area contributed by atoms with Gasteiger partial charge in [0, 0.05) is 18.6 Å². The van der Waals surface area contributed by atoms with Crippen molar-refractivity contribution in [3.63, 3.8) is 0 Å². The van der Waals surface area contributed by atoms with E-state index < -0.39 is 28.5 Å². The average molecular weight is 528 g/mol. The molecule has 0 fully saturated rings. The molecule has 1 atom stereocenters. The largest absolute Gasteiger partial charge is 0.357 e. The summed E-state index contributed by atoms with van der Waals surface area (Å²) >= 11 is 5.96. The first-order valence-electron chi connectivity index (χ1n) is 11.4. The quantitative estimate of drug-likeness (QED) is 0.449. The molecule has 36 heavy (non-hydrogen) atoms. The van der Waals surface area contributed by atoms with Gasteiger partial charge in [0.05, 0.1) is 10.6 Å². The van der Waals surface area contributed by atoms with Crippen LogP contribution in [0.15, 0.2) is 77.7 Å². The van der Waals surface area contributed by atoms with Crippen LogP contribution in [0.4, 0.5) is 5.69 Å². The third-order valence-corrected chi connectivity index (χ3v) is 7.89. The Balaban J connectivity index is 2.02. The lowest BCUT2D eigenvalue weighted by Crippen LogP contribution is -2.50. The second kappa shape index (κ2) is 11.6. The molecule has 0 unspecified atom stereocenters. The van der Waals surface area contributed by atoms with Crippen molar-refractivity contribution in [2.45, 2.75) is 38.3 Å². The van der Waals surface area contributed by atoms with Gasteiger partial charge in [0.1, 0.15) is 12.6 Å². The number of nitrogens with zero attached hydrogens (tertiary/aromatic N) is 2. The van der Waals surface area contributed by atoms with Gasteiger partial charge in [-0.15, -0.1) is 0 Å². The number of sulfonamides is 1. The van der Waals surface area contributed by atoms with E-state index in [4.69, 9.17) is 11.6 Å². The van der Waals surface area contributed by atoms with Crippen molar-refractivity contribution in [2.24, 2.45) is 0 Å². The number of rotatable bonds is 9. The van der Waals surface area contributed by atoms with E-state index in [1.165, 1.54) is 36.2 Å². The maximum atomic E-state index is 13.7. The first kappa shape index (κ1) is 27.2. The minimum Gasteiger partial charge on any atom is -0.357 e. The van der Waals surface area contributed by atoms with E-state index in [2.05, 4.69) is 5.32 Å². The fourth-order valence-electron chi connectivity index (χ4n) is 3.77. The Morgan fingerprint density at radius 2 is 1.58 bits per heavy atom. The lowest BCUT2D eigenvalue weighted by Gasteiger charge is -2.32. The van der Waals surface area contributed by atoms with Crippen molar-refractivity contribution in [1.82, 2.24) is 10.2 Å². The molecule has 9 heteroatoms. The van der Waals surface area contributed by atoms with Gasteiger partial charge in [0.25, 0.3) is 10.0 Å². The highest BCUT2D eigenvalue weighted by Gasteiger charge is 2.32. The van der Waals surface area contributed by atoms with E-state index in [9.17, 15) is 18.0 Å². The molecule has 2 amide bonds. The third-order valence-electron chi connectivity index (χ3n) is 5.85. The lowest BCUT2D eigenvalue weighted by molar-refractivity contribution is -0.139. The number of halogens is 1. The first-order valence-corrected chi connectivity index (χ1v) is 13.3. The smallest absolute Gasteiger partial charge is 0.264 e. The Hall–Kier alpha value is -3.36. The highest BCUT2D eigenvalue weighted by molar-refractivity contribution is 7.92.